The van der Waals surface area contributed by atoms with Gasteiger partial charge in [0.05, 0.1) is 0 Å². The molecule has 0 rings (SSSR count). The molecule has 0 amide bonds. The highest BCUT2D eigenvalue weighted by Gasteiger charge is 2.11. The van der Waals surface area contributed by atoms with E-state index in [1.54, 1.807) is 0 Å². The first-order chi connectivity index (χ1) is 4.06. The lowest BCUT2D eigenvalue weighted by Gasteiger charge is -2.14. The van der Waals surface area contributed by atoms with Crippen LogP contribution in [0.2, 0.25) is 25.7 Å². The molecule has 0 heterocycles. The van der Waals surface area contributed by atoms with E-state index in [4.69, 9.17) is 4.74 Å². The Morgan fingerprint density at radius 2 is 1.89 bits per heavy atom. The van der Waals surface area contributed by atoms with Crippen LogP contribution in [0.1, 0.15) is 0 Å². The summed E-state index contributed by atoms with van der Waals surface area (Å²) in [6.07, 6.45) is 0. The van der Waals surface area contributed by atoms with E-state index in [0.717, 1.165) is 6.61 Å². The molecule has 0 aliphatic heterocycles. The Bertz CT molecular complexity index is 69.9. The average molecular weight is 211 g/mol. The highest BCUT2D eigenvalue weighted by Crippen LogP contribution is 2.07. The van der Waals surface area contributed by atoms with Crippen LogP contribution in [-0.2, 0) is 4.74 Å². The van der Waals surface area contributed by atoms with E-state index < -0.39 is 8.07 Å². The molecule has 0 saturated carbocycles. The van der Waals surface area contributed by atoms with Crippen molar-refractivity contribution in [3.63, 3.8) is 0 Å². The quantitative estimate of drug-likeness (QED) is 0.394. The zero-order chi connectivity index (χ0) is 7.33. The van der Waals surface area contributed by atoms with E-state index in [9.17, 15) is 0 Å². The molecule has 9 heavy (non-hydrogen) atoms. The normalized spacial score (nSPS) is 12.0. The lowest BCUT2D eigenvalue weighted by Crippen LogP contribution is -2.21. The van der Waals surface area contributed by atoms with Gasteiger partial charge in [-0.2, -0.15) is 0 Å². The molecule has 0 aromatic carbocycles. The van der Waals surface area contributed by atoms with Gasteiger partial charge in [0.15, 0.2) is 0 Å². The predicted molar refractivity (Wildman–Crippen MR) is 47.9 cm³/mol. The van der Waals surface area contributed by atoms with Crippen LogP contribution < -0.4 is 0 Å². The maximum atomic E-state index is 5.16. The van der Waals surface area contributed by atoms with Crippen molar-refractivity contribution >= 4 is 24.0 Å². The second-order valence-electron chi connectivity index (χ2n) is 3.33. The number of ether oxygens (including phenoxy) is 1. The molecule has 0 atom stereocenters. The summed E-state index contributed by atoms with van der Waals surface area (Å²) in [6, 6.07) is 1.26. The van der Waals surface area contributed by atoms with E-state index in [2.05, 4.69) is 35.6 Å². The largest absolute Gasteiger partial charge is 0.371 e. The standard InChI is InChI=1S/C6H15BrOSi/c1-9(2,3)5-4-8-6-7/h4-6H2,1-3H3. The van der Waals surface area contributed by atoms with E-state index in [1.165, 1.54) is 6.04 Å². The minimum Gasteiger partial charge on any atom is -0.371 e. The molecule has 56 valence electrons. The SMILES string of the molecule is C[Si](C)(C)CCOCBr. The van der Waals surface area contributed by atoms with Crippen LogP contribution in [0.5, 0.6) is 0 Å². The van der Waals surface area contributed by atoms with Gasteiger partial charge in [-0.15, -0.1) is 0 Å². The van der Waals surface area contributed by atoms with E-state index >= 15 is 0 Å². The van der Waals surface area contributed by atoms with Gasteiger partial charge in [-0.1, -0.05) is 35.6 Å². The van der Waals surface area contributed by atoms with Crippen LogP contribution >= 0.6 is 15.9 Å². The third-order valence-corrected chi connectivity index (χ3v) is 3.10. The smallest absolute Gasteiger partial charge is 0.101 e. The van der Waals surface area contributed by atoms with Gasteiger partial charge in [0, 0.05) is 14.7 Å². The van der Waals surface area contributed by atoms with Gasteiger partial charge in [0.2, 0.25) is 0 Å². The van der Waals surface area contributed by atoms with Crippen LogP contribution in [0, 0.1) is 0 Å². The number of alkyl halides is 1. The third-order valence-electron chi connectivity index (χ3n) is 1.07. The van der Waals surface area contributed by atoms with Crippen molar-refractivity contribution in [2.45, 2.75) is 25.7 Å². The van der Waals surface area contributed by atoms with Crippen molar-refractivity contribution < 1.29 is 4.74 Å². The Hall–Kier alpha value is 0.657. The summed E-state index contributed by atoms with van der Waals surface area (Å²) < 4.78 is 5.16. The van der Waals surface area contributed by atoms with Crippen molar-refractivity contribution in [1.29, 1.82) is 0 Å². The van der Waals surface area contributed by atoms with Crippen molar-refractivity contribution in [2.24, 2.45) is 0 Å². The highest BCUT2D eigenvalue weighted by molar-refractivity contribution is 9.09. The lowest BCUT2D eigenvalue weighted by molar-refractivity contribution is 0.201. The maximum Gasteiger partial charge on any atom is 0.101 e. The van der Waals surface area contributed by atoms with Gasteiger partial charge in [-0.25, -0.2) is 0 Å². The van der Waals surface area contributed by atoms with Crippen molar-refractivity contribution in [3.8, 4) is 0 Å². The lowest BCUT2D eigenvalue weighted by atomic mass is 10.9. The van der Waals surface area contributed by atoms with Gasteiger partial charge in [0.1, 0.15) is 5.52 Å². The first kappa shape index (κ1) is 9.66. The predicted octanol–water partition coefficient (Wildman–Crippen LogP) is 2.69. The average Bonchev–Trinajstić information content (AvgIpc) is 1.63. The maximum absolute atomic E-state index is 5.16. The van der Waals surface area contributed by atoms with E-state index in [1.807, 2.05) is 0 Å². The molecular weight excluding hydrogens is 196 g/mol. The molecule has 0 aliphatic rings. The minimum absolute atomic E-state index is 0.678. The molecule has 0 radical (unpaired) electrons. The molecule has 0 bridgehead atoms. The Morgan fingerprint density at radius 1 is 1.33 bits per heavy atom. The van der Waals surface area contributed by atoms with Crippen LogP contribution in [-0.4, -0.2) is 20.2 Å². The summed E-state index contributed by atoms with van der Waals surface area (Å²) in [7, 11) is -0.840. The molecule has 0 unspecified atom stereocenters. The van der Waals surface area contributed by atoms with Crippen LogP contribution in [0.3, 0.4) is 0 Å². The van der Waals surface area contributed by atoms with Crippen LogP contribution in [0.25, 0.3) is 0 Å². The molecule has 0 aromatic heterocycles. The van der Waals surface area contributed by atoms with E-state index in [-0.39, 0.29) is 0 Å². The number of hydrogen-bond donors (Lipinski definition) is 0. The molecule has 0 aliphatic carbocycles. The fourth-order valence-electron chi connectivity index (χ4n) is 0.433. The second kappa shape index (κ2) is 4.47. The Morgan fingerprint density at radius 3 is 2.22 bits per heavy atom. The first-order valence-corrected chi connectivity index (χ1v) is 8.03. The Labute approximate surface area is 66.9 Å². The van der Waals surface area contributed by atoms with Gasteiger partial charge in [-0.05, 0) is 6.04 Å². The zero-order valence-electron chi connectivity index (χ0n) is 6.41. The molecule has 1 nitrogen and oxygen atoms in total. The third kappa shape index (κ3) is 8.66. The van der Waals surface area contributed by atoms with Crippen molar-refractivity contribution in [2.75, 3.05) is 12.1 Å². The van der Waals surface area contributed by atoms with E-state index in [0.29, 0.717) is 5.52 Å². The summed E-state index contributed by atoms with van der Waals surface area (Å²) >= 11 is 3.21. The topological polar surface area (TPSA) is 9.23 Å². The number of hydrogen-bond acceptors (Lipinski definition) is 1. The molecule has 0 N–H and O–H groups in total. The van der Waals surface area contributed by atoms with Crippen molar-refractivity contribution in [3.05, 3.63) is 0 Å². The number of halogens is 1. The fourth-order valence-corrected chi connectivity index (χ4v) is 1.42. The Balaban J connectivity index is 3.07. The van der Waals surface area contributed by atoms with Gasteiger partial charge in [-0.3, -0.25) is 0 Å². The summed E-state index contributed by atoms with van der Waals surface area (Å²) in [5.74, 6) is 0. The summed E-state index contributed by atoms with van der Waals surface area (Å²) in [6.45, 7) is 7.97. The van der Waals surface area contributed by atoms with Crippen molar-refractivity contribution in [1.82, 2.24) is 0 Å². The minimum atomic E-state index is -0.840. The molecule has 0 aromatic rings. The first-order valence-electron chi connectivity index (χ1n) is 3.20. The molecular formula is C6H15BrOSi. The zero-order valence-corrected chi connectivity index (χ0v) is 8.99. The van der Waals surface area contributed by atoms with Crippen LogP contribution in [0.4, 0.5) is 0 Å². The fraction of sp³-hybridized carbons (Fsp3) is 1.00. The Kier molecular flexibility index (Phi) is 4.80. The van der Waals surface area contributed by atoms with Gasteiger partial charge < -0.3 is 4.74 Å². The molecule has 0 spiro atoms. The van der Waals surface area contributed by atoms with Gasteiger partial charge in [0.25, 0.3) is 0 Å². The van der Waals surface area contributed by atoms with Gasteiger partial charge >= 0.3 is 0 Å². The summed E-state index contributed by atoms with van der Waals surface area (Å²) in [4.78, 5) is 0. The second-order valence-corrected chi connectivity index (χ2v) is 9.41. The molecule has 0 fully saturated rings. The van der Waals surface area contributed by atoms with Crippen LogP contribution in [0.15, 0.2) is 0 Å². The monoisotopic (exact) mass is 210 g/mol. The summed E-state index contributed by atoms with van der Waals surface area (Å²) in [5, 5.41) is 0. The number of rotatable bonds is 4. The summed E-state index contributed by atoms with van der Waals surface area (Å²) in [5.41, 5.74) is 0.678. The highest BCUT2D eigenvalue weighted by atomic mass is 79.9. The molecule has 3 heteroatoms. The molecule has 0 saturated heterocycles.